The van der Waals surface area contributed by atoms with E-state index in [-0.39, 0.29) is 5.56 Å². The quantitative estimate of drug-likeness (QED) is 0.706. The van der Waals surface area contributed by atoms with Gasteiger partial charge in [0, 0.05) is 17.1 Å². The van der Waals surface area contributed by atoms with Crippen LogP contribution in [-0.4, -0.2) is 15.0 Å². The molecular formula is C14H11N3O. The standard InChI is InChI=1S/C14H11N3O/c1-9-15-8-11-7-12(10-5-3-2-4-6-10)14(18)17-13(11)16-9/h2-8H,1H3,(H,15,16,17,18). The van der Waals surface area contributed by atoms with Gasteiger partial charge in [0.05, 0.1) is 0 Å². The number of nitrogens with zero attached hydrogens (tertiary/aromatic N) is 2. The number of aromatic amines is 1. The summed E-state index contributed by atoms with van der Waals surface area (Å²) in [4.78, 5) is 23.2. The number of H-pyrrole nitrogens is 1. The number of rotatable bonds is 1. The van der Waals surface area contributed by atoms with Crippen molar-refractivity contribution in [3.05, 3.63) is 58.8 Å². The van der Waals surface area contributed by atoms with E-state index < -0.39 is 0 Å². The summed E-state index contributed by atoms with van der Waals surface area (Å²) in [5.41, 5.74) is 1.97. The maximum Gasteiger partial charge on any atom is 0.257 e. The zero-order valence-corrected chi connectivity index (χ0v) is 9.84. The Bertz CT molecular complexity index is 763. The topological polar surface area (TPSA) is 58.6 Å². The van der Waals surface area contributed by atoms with Crippen molar-refractivity contribution in [2.45, 2.75) is 6.92 Å². The second kappa shape index (κ2) is 4.07. The Labute approximate surface area is 103 Å². The average molecular weight is 237 g/mol. The molecule has 0 aliphatic rings. The van der Waals surface area contributed by atoms with E-state index in [4.69, 9.17) is 0 Å². The van der Waals surface area contributed by atoms with Crippen molar-refractivity contribution in [2.75, 3.05) is 0 Å². The summed E-state index contributed by atoms with van der Waals surface area (Å²) in [7, 11) is 0. The molecule has 0 aliphatic heterocycles. The van der Waals surface area contributed by atoms with Crippen LogP contribution in [0.3, 0.4) is 0 Å². The van der Waals surface area contributed by atoms with Crippen molar-refractivity contribution in [3.63, 3.8) is 0 Å². The fraction of sp³-hybridized carbons (Fsp3) is 0.0714. The highest BCUT2D eigenvalue weighted by Crippen LogP contribution is 2.17. The first-order valence-corrected chi connectivity index (χ1v) is 5.66. The number of aryl methyl sites for hydroxylation is 1. The van der Waals surface area contributed by atoms with Crippen molar-refractivity contribution in [1.29, 1.82) is 0 Å². The molecule has 2 heterocycles. The van der Waals surface area contributed by atoms with E-state index >= 15 is 0 Å². The minimum Gasteiger partial charge on any atom is -0.306 e. The number of pyridine rings is 1. The molecule has 0 spiro atoms. The number of hydrogen-bond acceptors (Lipinski definition) is 3. The lowest BCUT2D eigenvalue weighted by Gasteiger charge is -2.03. The zero-order valence-electron chi connectivity index (χ0n) is 9.84. The van der Waals surface area contributed by atoms with Gasteiger partial charge in [-0.25, -0.2) is 9.97 Å². The molecule has 1 N–H and O–H groups in total. The van der Waals surface area contributed by atoms with Crippen LogP contribution in [-0.2, 0) is 0 Å². The molecule has 1 aromatic carbocycles. The van der Waals surface area contributed by atoms with Crippen LogP contribution in [0.1, 0.15) is 5.82 Å². The fourth-order valence-electron chi connectivity index (χ4n) is 1.91. The van der Waals surface area contributed by atoms with Gasteiger partial charge in [0.25, 0.3) is 5.56 Å². The van der Waals surface area contributed by atoms with Crippen molar-refractivity contribution in [2.24, 2.45) is 0 Å². The van der Waals surface area contributed by atoms with E-state index in [1.807, 2.05) is 36.4 Å². The predicted molar refractivity (Wildman–Crippen MR) is 70.3 cm³/mol. The van der Waals surface area contributed by atoms with Crippen LogP contribution in [0.5, 0.6) is 0 Å². The van der Waals surface area contributed by atoms with Crippen molar-refractivity contribution < 1.29 is 0 Å². The smallest absolute Gasteiger partial charge is 0.257 e. The second-order valence-electron chi connectivity index (χ2n) is 4.10. The summed E-state index contributed by atoms with van der Waals surface area (Å²) < 4.78 is 0. The van der Waals surface area contributed by atoms with Crippen LogP contribution in [0, 0.1) is 6.92 Å². The van der Waals surface area contributed by atoms with Gasteiger partial charge in [-0.05, 0) is 18.6 Å². The van der Waals surface area contributed by atoms with Crippen LogP contribution in [0.2, 0.25) is 0 Å². The number of fused-ring (bicyclic) bond motifs is 1. The molecule has 0 amide bonds. The normalized spacial score (nSPS) is 10.7. The highest BCUT2D eigenvalue weighted by Gasteiger charge is 2.06. The number of aromatic nitrogens is 3. The molecule has 4 heteroatoms. The van der Waals surface area contributed by atoms with E-state index in [9.17, 15) is 4.79 Å². The molecule has 0 aliphatic carbocycles. The fourth-order valence-corrected chi connectivity index (χ4v) is 1.91. The van der Waals surface area contributed by atoms with Gasteiger partial charge in [-0.1, -0.05) is 30.3 Å². The number of nitrogens with one attached hydrogen (secondary N) is 1. The first kappa shape index (κ1) is 10.7. The maximum absolute atomic E-state index is 12.0. The van der Waals surface area contributed by atoms with Gasteiger partial charge in [-0.15, -0.1) is 0 Å². The maximum atomic E-state index is 12.0. The van der Waals surface area contributed by atoms with E-state index in [0.717, 1.165) is 10.9 Å². The number of benzene rings is 1. The number of hydrogen-bond donors (Lipinski definition) is 1. The molecule has 0 unspecified atom stereocenters. The molecule has 4 nitrogen and oxygen atoms in total. The molecule has 0 fully saturated rings. The summed E-state index contributed by atoms with van der Waals surface area (Å²) in [6, 6.07) is 11.4. The zero-order chi connectivity index (χ0) is 12.5. The highest BCUT2D eigenvalue weighted by atomic mass is 16.1. The predicted octanol–water partition coefficient (Wildman–Crippen LogP) is 2.29. The molecule has 0 radical (unpaired) electrons. The molecule has 18 heavy (non-hydrogen) atoms. The molecular weight excluding hydrogens is 226 g/mol. The Balaban J connectivity index is 2.29. The van der Waals surface area contributed by atoms with Crippen LogP contribution in [0.4, 0.5) is 0 Å². The Morgan fingerprint density at radius 2 is 1.94 bits per heavy atom. The molecule has 0 saturated carbocycles. The lowest BCUT2D eigenvalue weighted by Crippen LogP contribution is -2.10. The summed E-state index contributed by atoms with van der Waals surface area (Å²) in [5, 5.41) is 0.832. The Morgan fingerprint density at radius 3 is 2.72 bits per heavy atom. The van der Waals surface area contributed by atoms with Gasteiger partial charge >= 0.3 is 0 Å². The molecule has 0 saturated heterocycles. The minimum absolute atomic E-state index is 0.133. The van der Waals surface area contributed by atoms with Crippen LogP contribution >= 0.6 is 0 Å². The van der Waals surface area contributed by atoms with Gasteiger partial charge in [0.1, 0.15) is 11.5 Å². The summed E-state index contributed by atoms with van der Waals surface area (Å²) in [6.07, 6.45) is 1.72. The van der Waals surface area contributed by atoms with E-state index in [0.29, 0.717) is 17.0 Å². The molecule has 3 rings (SSSR count). The van der Waals surface area contributed by atoms with Crippen LogP contribution in [0.15, 0.2) is 47.4 Å². The monoisotopic (exact) mass is 237 g/mol. The summed E-state index contributed by atoms with van der Waals surface area (Å²) in [6.45, 7) is 1.79. The first-order chi connectivity index (χ1) is 8.74. The molecule has 88 valence electrons. The van der Waals surface area contributed by atoms with Crippen molar-refractivity contribution in [3.8, 4) is 11.1 Å². The van der Waals surface area contributed by atoms with Gasteiger partial charge in [-0.3, -0.25) is 4.79 Å². The van der Waals surface area contributed by atoms with Gasteiger partial charge in [-0.2, -0.15) is 0 Å². The summed E-state index contributed by atoms with van der Waals surface area (Å²) >= 11 is 0. The second-order valence-corrected chi connectivity index (χ2v) is 4.10. The molecule has 3 aromatic rings. The third kappa shape index (κ3) is 1.78. The largest absolute Gasteiger partial charge is 0.306 e. The highest BCUT2D eigenvalue weighted by molar-refractivity contribution is 5.79. The Kier molecular flexibility index (Phi) is 2.41. The minimum atomic E-state index is -0.133. The molecule has 0 atom stereocenters. The van der Waals surface area contributed by atoms with Crippen LogP contribution in [0.25, 0.3) is 22.2 Å². The van der Waals surface area contributed by atoms with Gasteiger partial charge in [0.2, 0.25) is 0 Å². The molecule has 2 aromatic heterocycles. The van der Waals surface area contributed by atoms with Crippen LogP contribution < -0.4 is 5.56 Å². The third-order valence-corrected chi connectivity index (χ3v) is 2.80. The lowest BCUT2D eigenvalue weighted by molar-refractivity contribution is 1.07. The summed E-state index contributed by atoms with van der Waals surface area (Å²) in [5.74, 6) is 0.644. The van der Waals surface area contributed by atoms with Crippen molar-refractivity contribution >= 4 is 11.0 Å². The molecule has 0 bridgehead atoms. The van der Waals surface area contributed by atoms with Gasteiger partial charge in [0.15, 0.2) is 0 Å². The average Bonchev–Trinajstić information content (AvgIpc) is 2.39. The Hall–Kier alpha value is -2.49. The van der Waals surface area contributed by atoms with E-state index in [1.54, 1.807) is 13.1 Å². The Morgan fingerprint density at radius 1 is 1.17 bits per heavy atom. The van der Waals surface area contributed by atoms with E-state index in [2.05, 4.69) is 15.0 Å². The lowest BCUT2D eigenvalue weighted by atomic mass is 10.1. The first-order valence-electron chi connectivity index (χ1n) is 5.66. The van der Waals surface area contributed by atoms with E-state index in [1.165, 1.54) is 0 Å². The van der Waals surface area contributed by atoms with Gasteiger partial charge < -0.3 is 4.98 Å². The van der Waals surface area contributed by atoms with Crippen molar-refractivity contribution in [1.82, 2.24) is 15.0 Å². The SMILES string of the molecule is Cc1ncc2cc(-c3ccccc3)c(=O)[nH]c2n1. The third-order valence-electron chi connectivity index (χ3n) is 2.80.